The van der Waals surface area contributed by atoms with Crippen molar-refractivity contribution in [1.82, 2.24) is 0 Å². The summed E-state index contributed by atoms with van der Waals surface area (Å²) >= 11 is 0. The molecule has 1 fully saturated rings. The van der Waals surface area contributed by atoms with Crippen molar-refractivity contribution in [3.05, 3.63) is 12.3 Å². The van der Waals surface area contributed by atoms with Crippen molar-refractivity contribution < 1.29 is 9.22 Å². The zero-order valence-electron chi connectivity index (χ0n) is 6.46. The van der Waals surface area contributed by atoms with Crippen LogP contribution < -0.4 is 0 Å². The zero-order chi connectivity index (χ0) is 8.27. The average molecular weight is 168 g/mol. The molecular weight excluding hydrogens is 158 g/mol. The maximum Gasteiger partial charge on any atom is 0.306 e. The van der Waals surface area contributed by atoms with Crippen LogP contribution in [0, 0.1) is 0 Å². The van der Waals surface area contributed by atoms with Crippen LogP contribution in [-0.4, -0.2) is 20.8 Å². The SMILES string of the molecule is C=C(C)O[Si]1CCC1N=C=O. The molecule has 1 heterocycles. The highest BCUT2D eigenvalue weighted by molar-refractivity contribution is 6.57. The van der Waals surface area contributed by atoms with Gasteiger partial charge in [-0.2, -0.15) is 0 Å². The van der Waals surface area contributed by atoms with Crippen LogP contribution >= 0.6 is 0 Å². The molecule has 59 valence electrons. The Kier molecular flexibility index (Phi) is 2.62. The minimum atomic E-state index is -0.878. The van der Waals surface area contributed by atoms with Crippen LogP contribution in [-0.2, 0) is 9.22 Å². The van der Waals surface area contributed by atoms with E-state index in [0.29, 0.717) is 0 Å². The third-order valence-electron chi connectivity index (χ3n) is 1.55. The first-order valence-corrected chi connectivity index (χ1v) is 5.19. The molecule has 0 amide bonds. The number of hydrogen-bond acceptors (Lipinski definition) is 3. The van der Waals surface area contributed by atoms with Gasteiger partial charge >= 0.3 is 9.04 Å². The third-order valence-corrected chi connectivity index (χ3v) is 4.10. The second-order valence-electron chi connectivity index (χ2n) is 2.55. The Labute approximate surface area is 67.5 Å². The topological polar surface area (TPSA) is 38.7 Å². The summed E-state index contributed by atoms with van der Waals surface area (Å²) in [7, 11) is -0.878. The van der Waals surface area contributed by atoms with Gasteiger partial charge in [0, 0.05) is 0 Å². The molecule has 0 aromatic heterocycles. The molecule has 0 saturated carbocycles. The van der Waals surface area contributed by atoms with Crippen molar-refractivity contribution in [3.8, 4) is 0 Å². The van der Waals surface area contributed by atoms with E-state index in [1.807, 2.05) is 6.92 Å². The summed E-state index contributed by atoms with van der Waals surface area (Å²) in [4.78, 5) is 13.5. The van der Waals surface area contributed by atoms with E-state index >= 15 is 0 Å². The standard InChI is InChI=1S/C7H10NO2Si/c1-6(2)10-11-4-3-7(11)8-5-9/h7H,1,3-4H2,2H3. The average Bonchev–Trinajstić information content (AvgIpc) is 1.93. The molecular formula is C7H10NO2Si. The van der Waals surface area contributed by atoms with Crippen LogP contribution in [0.15, 0.2) is 17.3 Å². The predicted octanol–water partition coefficient (Wildman–Crippen LogP) is 1.18. The van der Waals surface area contributed by atoms with E-state index in [9.17, 15) is 4.79 Å². The summed E-state index contributed by atoms with van der Waals surface area (Å²) in [5, 5.41) is 0. The minimum absolute atomic E-state index is 0.120. The number of carbonyl (C=O) groups excluding carboxylic acids is 1. The van der Waals surface area contributed by atoms with Gasteiger partial charge in [0.05, 0.1) is 11.4 Å². The first kappa shape index (κ1) is 8.24. The van der Waals surface area contributed by atoms with Gasteiger partial charge < -0.3 is 4.43 Å². The molecule has 1 saturated heterocycles. The van der Waals surface area contributed by atoms with Gasteiger partial charge in [0.1, 0.15) is 0 Å². The maximum atomic E-state index is 9.89. The molecule has 0 spiro atoms. The summed E-state index contributed by atoms with van der Waals surface area (Å²) in [5.74, 6) is 0.727. The highest BCUT2D eigenvalue weighted by atomic mass is 28.3. The molecule has 0 N–H and O–H groups in total. The number of isocyanates is 1. The molecule has 0 aliphatic carbocycles. The lowest BCUT2D eigenvalue weighted by Crippen LogP contribution is -2.41. The van der Waals surface area contributed by atoms with E-state index in [1.54, 1.807) is 6.08 Å². The third kappa shape index (κ3) is 2.03. The van der Waals surface area contributed by atoms with Crippen molar-refractivity contribution in [2.75, 3.05) is 0 Å². The van der Waals surface area contributed by atoms with Crippen molar-refractivity contribution in [1.29, 1.82) is 0 Å². The molecule has 4 heteroatoms. The van der Waals surface area contributed by atoms with Crippen molar-refractivity contribution in [2.24, 2.45) is 4.99 Å². The number of nitrogens with zero attached hydrogens (tertiary/aromatic N) is 1. The van der Waals surface area contributed by atoms with E-state index in [2.05, 4.69) is 11.6 Å². The van der Waals surface area contributed by atoms with Gasteiger partial charge in [0.25, 0.3) is 0 Å². The molecule has 0 aromatic carbocycles. The lowest BCUT2D eigenvalue weighted by atomic mass is 10.4. The lowest BCUT2D eigenvalue weighted by molar-refractivity contribution is 0.396. The van der Waals surface area contributed by atoms with E-state index < -0.39 is 9.04 Å². The minimum Gasteiger partial charge on any atom is -0.544 e. The smallest absolute Gasteiger partial charge is 0.306 e. The number of rotatable bonds is 3. The maximum absolute atomic E-state index is 9.89. The summed E-state index contributed by atoms with van der Waals surface area (Å²) in [6.45, 7) is 5.45. The molecule has 3 nitrogen and oxygen atoms in total. The molecule has 1 unspecified atom stereocenters. The van der Waals surface area contributed by atoms with Crippen LogP contribution in [0.2, 0.25) is 6.04 Å². The fourth-order valence-electron chi connectivity index (χ4n) is 0.934. The molecule has 1 radical (unpaired) electrons. The number of hydrogen-bond donors (Lipinski definition) is 0. The Morgan fingerprint density at radius 3 is 3.00 bits per heavy atom. The molecule has 11 heavy (non-hydrogen) atoms. The molecule has 1 atom stereocenters. The van der Waals surface area contributed by atoms with Gasteiger partial charge in [-0.25, -0.2) is 9.79 Å². The van der Waals surface area contributed by atoms with E-state index in [0.717, 1.165) is 18.2 Å². The van der Waals surface area contributed by atoms with Crippen molar-refractivity contribution in [3.63, 3.8) is 0 Å². The predicted molar refractivity (Wildman–Crippen MR) is 43.0 cm³/mol. The molecule has 1 rings (SSSR count). The second kappa shape index (κ2) is 3.51. The monoisotopic (exact) mass is 168 g/mol. The van der Waals surface area contributed by atoms with Crippen molar-refractivity contribution >= 4 is 15.1 Å². The Morgan fingerprint density at radius 1 is 1.91 bits per heavy atom. The first-order valence-electron chi connectivity index (χ1n) is 3.50. The van der Waals surface area contributed by atoms with Gasteiger partial charge in [-0.15, -0.1) is 0 Å². The number of aliphatic imine (C=N–C) groups is 1. The summed E-state index contributed by atoms with van der Waals surface area (Å²) in [6.07, 6.45) is 2.53. The lowest BCUT2D eigenvalue weighted by Gasteiger charge is -2.29. The summed E-state index contributed by atoms with van der Waals surface area (Å²) in [5.41, 5.74) is 0.120. The van der Waals surface area contributed by atoms with E-state index in [-0.39, 0.29) is 5.67 Å². The van der Waals surface area contributed by atoms with Crippen LogP contribution in [0.25, 0.3) is 0 Å². The first-order chi connectivity index (χ1) is 5.24. The molecule has 0 aromatic rings. The zero-order valence-corrected chi connectivity index (χ0v) is 7.46. The molecule has 1 aliphatic rings. The normalized spacial score (nSPS) is 23.2. The van der Waals surface area contributed by atoms with Gasteiger partial charge in [0.15, 0.2) is 0 Å². The van der Waals surface area contributed by atoms with Crippen LogP contribution in [0.1, 0.15) is 13.3 Å². The van der Waals surface area contributed by atoms with Gasteiger partial charge in [-0.05, 0) is 19.4 Å². The summed E-state index contributed by atoms with van der Waals surface area (Å²) < 4.78 is 5.39. The Balaban J connectivity index is 2.37. The van der Waals surface area contributed by atoms with E-state index in [1.165, 1.54) is 0 Å². The van der Waals surface area contributed by atoms with Gasteiger partial charge in [-0.1, -0.05) is 6.58 Å². The molecule has 1 aliphatic heterocycles. The summed E-state index contributed by atoms with van der Waals surface area (Å²) in [6, 6.07) is 1.06. The fourth-order valence-corrected chi connectivity index (χ4v) is 2.60. The Hall–Kier alpha value is -0.863. The number of allylic oxidation sites excluding steroid dienone is 1. The molecule has 0 bridgehead atoms. The van der Waals surface area contributed by atoms with Crippen molar-refractivity contribution in [2.45, 2.75) is 25.1 Å². The van der Waals surface area contributed by atoms with Gasteiger partial charge in [0.2, 0.25) is 6.08 Å². The quantitative estimate of drug-likeness (QED) is 0.275. The fraction of sp³-hybridized carbons (Fsp3) is 0.571. The van der Waals surface area contributed by atoms with Crippen LogP contribution in [0.3, 0.4) is 0 Å². The van der Waals surface area contributed by atoms with Gasteiger partial charge in [-0.3, -0.25) is 0 Å². The van der Waals surface area contributed by atoms with Crippen LogP contribution in [0.4, 0.5) is 0 Å². The van der Waals surface area contributed by atoms with Crippen LogP contribution in [0.5, 0.6) is 0 Å². The Morgan fingerprint density at radius 2 is 2.64 bits per heavy atom. The van der Waals surface area contributed by atoms with E-state index in [4.69, 9.17) is 4.43 Å². The largest absolute Gasteiger partial charge is 0.544 e. The highest BCUT2D eigenvalue weighted by Crippen LogP contribution is 2.24. The highest BCUT2D eigenvalue weighted by Gasteiger charge is 2.36. The second-order valence-corrected chi connectivity index (χ2v) is 4.85. The Bertz CT molecular complexity index is 210.